The van der Waals surface area contributed by atoms with E-state index in [0.29, 0.717) is 5.56 Å². The molecule has 4 atom stereocenters. The van der Waals surface area contributed by atoms with E-state index in [-0.39, 0.29) is 41.8 Å². The van der Waals surface area contributed by atoms with Crippen LogP contribution >= 0.6 is 0 Å². The molecule has 2 aliphatic rings. The predicted octanol–water partition coefficient (Wildman–Crippen LogP) is 2.62. The molecule has 0 aliphatic heterocycles. The Morgan fingerprint density at radius 2 is 2.04 bits per heavy atom. The smallest absolute Gasteiger partial charge is 0.337 e. The SMILES string of the molecule is COC(=O)c1ccc2c(c1)[C@H](CO)[C@@H]1[C@](C)(CO)CCC[C@@]21C. The summed E-state index contributed by atoms with van der Waals surface area (Å²) in [4.78, 5) is 11.9. The number of aliphatic hydroxyl groups is 2. The number of hydrogen-bond acceptors (Lipinski definition) is 4. The van der Waals surface area contributed by atoms with Crippen LogP contribution in [0.4, 0.5) is 0 Å². The van der Waals surface area contributed by atoms with Crippen molar-refractivity contribution < 1.29 is 19.7 Å². The lowest BCUT2D eigenvalue weighted by Gasteiger charge is -2.50. The summed E-state index contributed by atoms with van der Waals surface area (Å²) in [6, 6.07) is 5.72. The fraction of sp³-hybridized carbons (Fsp3) is 0.632. The highest BCUT2D eigenvalue weighted by Crippen LogP contribution is 2.63. The lowest BCUT2D eigenvalue weighted by molar-refractivity contribution is -0.0211. The average molecular weight is 318 g/mol. The molecule has 1 aromatic rings. The number of aliphatic hydroxyl groups excluding tert-OH is 2. The van der Waals surface area contributed by atoms with E-state index < -0.39 is 0 Å². The molecule has 0 saturated heterocycles. The first-order valence-electron chi connectivity index (χ1n) is 8.36. The fourth-order valence-corrected chi connectivity index (χ4v) is 5.37. The molecule has 0 bridgehead atoms. The largest absolute Gasteiger partial charge is 0.465 e. The molecule has 4 nitrogen and oxygen atoms in total. The van der Waals surface area contributed by atoms with E-state index in [9.17, 15) is 15.0 Å². The molecule has 2 N–H and O–H groups in total. The Hall–Kier alpha value is -1.39. The minimum Gasteiger partial charge on any atom is -0.465 e. The predicted molar refractivity (Wildman–Crippen MR) is 87.5 cm³/mol. The quantitative estimate of drug-likeness (QED) is 0.841. The van der Waals surface area contributed by atoms with Gasteiger partial charge in [-0.3, -0.25) is 0 Å². The van der Waals surface area contributed by atoms with Crippen LogP contribution in [0.15, 0.2) is 18.2 Å². The summed E-state index contributed by atoms with van der Waals surface area (Å²) in [5.41, 5.74) is 2.52. The Labute approximate surface area is 137 Å². The molecule has 1 saturated carbocycles. The van der Waals surface area contributed by atoms with Crippen LogP contribution in [-0.2, 0) is 10.2 Å². The molecule has 0 aromatic heterocycles. The summed E-state index contributed by atoms with van der Waals surface area (Å²) in [7, 11) is 1.38. The van der Waals surface area contributed by atoms with Crippen molar-refractivity contribution in [1.29, 1.82) is 0 Å². The van der Waals surface area contributed by atoms with Crippen molar-refractivity contribution in [1.82, 2.24) is 0 Å². The standard InChI is InChI=1S/C19H26O4/c1-18(11-21)7-4-8-19(2)15-6-5-12(17(22)23-3)9-13(15)14(10-20)16(18)19/h5-6,9,14,16,20-21H,4,7-8,10-11H2,1-3H3/t14-,16+,18-,19-/m0/s1. The Kier molecular flexibility index (Phi) is 4.01. The monoisotopic (exact) mass is 318 g/mol. The Balaban J connectivity index is 2.15. The zero-order valence-corrected chi connectivity index (χ0v) is 14.1. The first-order chi connectivity index (χ1) is 10.9. The molecule has 0 amide bonds. The summed E-state index contributed by atoms with van der Waals surface area (Å²) in [6.45, 7) is 4.54. The lowest BCUT2D eigenvalue weighted by atomic mass is 9.54. The third kappa shape index (κ3) is 2.23. The van der Waals surface area contributed by atoms with Gasteiger partial charge in [0.05, 0.1) is 19.3 Å². The van der Waals surface area contributed by atoms with E-state index in [1.807, 2.05) is 18.2 Å². The second-order valence-electron chi connectivity index (χ2n) is 7.64. The summed E-state index contributed by atoms with van der Waals surface area (Å²) in [6.07, 6.45) is 3.09. The minimum absolute atomic E-state index is 0.0352. The summed E-state index contributed by atoms with van der Waals surface area (Å²) < 4.78 is 4.83. The maximum atomic E-state index is 11.9. The number of carbonyl (C=O) groups excluding carboxylic acids is 1. The van der Waals surface area contributed by atoms with Gasteiger partial charge in [-0.15, -0.1) is 0 Å². The van der Waals surface area contributed by atoms with Crippen molar-refractivity contribution in [3.63, 3.8) is 0 Å². The van der Waals surface area contributed by atoms with Gasteiger partial charge in [-0.2, -0.15) is 0 Å². The summed E-state index contributed by atoms with van der Waals surface area (Å²) >= 11 is 0. The van der Waals surface area contributed by atoms with E-state index in [0.717, 1.165) is 24.8 Å². The van der Waals surface area contributed by atoms with Crippen LogP contribution in [0.2, 0.25) is 0 Å². The normalized spacial score (nSPS) is 35.5. The van der Waals surface area contributed by atoms with Gasteiger partial charge in [0.1, 0.15) is 0 Å². The lowest BCUT2D eigenvalue weighted by Crippen LogP contribution is -2.47. The van der Waals surface area contributed by atoms with Crippen molar-refractivity contribution in [2.24, 2.45) is 11.3 Å². The first-order valence-corrected chi connectivity index (χ1v) is 8.36. The molecule has 0 unspecified atom stereocenters. The van der Waals surface area contributed by atoms with Gasteiger partial charge < -0.3 is 14.9 Å². The third-order valence-corrected chi connectivity index (χ3v) is 6.33. The Morgan fingerprint density at radius 3 is 2.65 bits per heavy atom. The average Bonchev–Trinajstić information content (AvgIpc) is 2.83. The van der Waals surface area contributed by atoms with Crippen molar-refractivity contribution >= 4 is 5.97 Å². The van der Waals surface area contributed by atoms with Gasteiger partial charge in [-0.25, -0.2) is 4.79 Å². The first kappa shape index (κ1) is 16.5. The molecule has 3 rings (SSSR count). The number of carbonyl (C=O) groups is 1. The zero-order valence-electron chi connectivity index (χ0n) is 14.1. The van der Waals surface area contributed by atoms with Crippen molar-refractivity contribution in [2.75, 3.05) is 20.3 Å². The van der Waals surface area contributed by atoms with E-state index in [2.05, 4.69) is 13.8 Å². The molecule has 23 heavy (non-hydrogen) atoms. The van der Waals surface area contributed by atoms with Crippen molar-refractivity contribution in [3.8, 4) is 0 Å². The van der Waals surface area contributed by atoms with Gasteiger partial charge in [0.15, 0.2) is 0 Å². The third-order valence-electron chi connectivity index (χ3n) is 6.33. The molecule has 2 aliphatic carbocycles. The maximum Gasteiger partial charge on any atom is 0.337 e. The van der Waals surface area contributed by atoms with Crippen LogP contribution in [0.25, 0.3) is 0 Å². The molecule has 4 heteroatoms. The van der Waals surface area contributed by atoms with Crippen LogP contribution < -0.4 is 0 Å². The topological polar surface area (TPSA) is 66.8 Å². The van der Waals surface area contributed by atoms with Crippen LogP contribution in [0.3, 0.4) is 0 Å². The van der Waals surface area contributed by atoms with E-state index >= 15 is 0 Å². The van der Waals surface area contributed by atoms with E-state index in [1.54, 1.807) is 0 Å². The highest BCUT2D eigenvalue weighted by Gasteiger charge is 2.57. The zero-order chi connectivity index (χ0) is 16.8. The van der Waals surface area contributed by atoms with Crippen LogP contribution in [0, 0.1) is 11.3 Å². The van der Waals surface area contributed by atoms with Crippen LogP contribution in [0.1, 0.15) is 60.5 Å². The van der Waals surface area contributed by atoms with Gasteiger partial charge in [0.2, 0.25) is 0 Å². The molecule has 1 fully saturated rings. The molecule has 1 aromatic carbocycles. The molecule has 0 radical (unpaired) electrons. The van der Waals surface area contributed by atoms with Crippen LogP contribution in [-0.4, -0.2) is 36.5 Å². The highest BCUT2D eigenvalue weighted by atomic mass is 16.5. The van der Waals surface area contributed by atoms with Gasteiger partial charge in [0, 0.05) is 12.5 Å². The Morgan fingerprint density at radius 1 is 1.30 bits per heavy atom. The van der Waals surface area contributed by atoms with Crippen LogP contribution in [0.5, 0.6) is 0 Å². The number of esters is 1. The van der Waals surface area contributed by atoms with Gasteiger partial charge >= 0.3 is 5.97 Å². The molecule has 0 spiro atoms. The highest BCUT2D eigenvalue weighted by molar-refractivity contribution is 5.89. The maximum absolute atomic E-state index is 11.9. The van der Waals surface area contributed by atoms with Gasteiger partial charge in [0.25, 0.3) is 0 Å². The number of ether oxygens (including phenoxy) is 1. The molecular weight excluding hydrogens is 292 g/mol. The summed E-state index contributed by atoms with van der Waals surface area (Å²) in [5, 5.41) is 20.1. The van der Waals surface area contributed by atoms with Gasteiger partial charge in [-0.1, -0.05) is 26.3 Å². The number of hydrogen-bond donors (Lipinski definition) is 2. The number of methoxy groups -OCH3 is 1. The second kappa shape index (κ2) is 5.60. The molecular formula is C19H26O4. The van der Waals surface area contributed by atoms with E-state index in [4.69, 9.17) is 4.74 Å². The van der Waals surface area contributed by atoms with Gasteiger partial charge in [-0.05, 0) is 52.8 Å². The fourth-order valence-electron chi connectivity index (χ4n) is 5.37. The molecule has 0 heterocycles. The summed E-state index contributed by atoms with van der Waals surface area (Å²) in [5.74, 6) is -0.215. The van der Waals surface area contributed by atoms with Crippen molar-refractivity contribution in [2.45, 2.75) is 44.4 Å². The number of rotatable bonds is 3. The second-order valence-corrected chi connectivity index (χ2v) is 7.64. The number of fused-ring (bicyclic) bond motifs is 3. The van der Waals surface area contributed by atoms with Crippen molar-refractivity contribution in [3.05, 3.63) is 34.9 Å². The van der Waals surface area contributed by atoms with E-state index in [1.165, 1.54) is 12.7 Å². The number of benzene rings is 1. The Bertz CT molecular complexity index is 626. The minimum atomic E-state index is -0.352. The molecule has 126 valence electrons.